The Morgan fingerprint density at radius 1 is 0.692 bits per heavy atom. The van der Waals surface area contributed by atoms with E-state index in [2.05, 4.69) is 76.2 Å². The predicted octanol–water partition coefficient (Wildman–Crippen LogP) is 8.50. The van der Waals surface area contributed by atoms with Crippen LogP contribution in [0.2, 0.25) is 0 Å². The molecule has 3 aliphatic heterocycles. The summed E-state index contributed by atoms with van der Waals surface area (Å²) < 4.78 is 9.74. The van der Waals surface area contributed by atoms with E-state index in [-0.39, 0.29) is 59.9 Å². The minimum Gasteiger partial charge on any atom is -0.453 e. The third-order valence-electron chi connectivity index (χ3n) is 15.1. The van der Waals surface area contributed by atoms with Crippen molar-refractivity contribution < 1.29 is 28.7 Å². The second-order valence-electron chi connectivity index (χ2n) is 19.7. The molecule has 4 aromatic rings. The molecule has 5 aliphatic rings. The summed E-state index contributed by atoms with van der Waals surface area (Å²) >= 11 is 0. The standard InChI is InChI=1S/C50H65N9O6/c1-9-10-36-40-35(38-24-52-46(55-38)44-31-16-18-33(22-31)59(44)48(61)42(26(4)5)57-50(63)65-8)20-19-34(39(40)27(6)53-36)28-11-13-29(14-12-28)37-23-51-45(54-37)43-30-15-17-32(21-30)58(43)47(60)41(25(2)3)56-49(62)64-7/h11-14,19-20,23-27,30-33,36,41-44,53H,9-10,15-18,21-22H2,1-8H3,(H,51,54)(H,52,55)(H,56,62)(H,57,63)/t27?,30-,31-,32+,33+,36?,41-,42-,43-,44-/m0/s1. The first-order valence-corrected chi connectivity index (χ1v) is 23.8. The van der Waals surface area contributed by atoms with Gasteiger partial charge in [-0.15, -0.1) is 0 Å². The van der Waals surface area contributed by atoms with Gasteiger partial charge in [-0.05, 0) is 103 Å². The SMILES string of the molecule is CCCC1NC(C)c2c(-c3ccc(-c4cnc([C@@H]5[C@H]6CC[C@H](C6)N5C(=O)[C@@H](NC(=O)OC)C(C)C)[nH]4)cc3)ccc(-c3cnc([C@@H]4[C@H]5CC[C@H](C5)N4C(=O)[C@@H](NC(=O)OC)C(C)C)[nH]3)c21. The normalized spacial score (nSPS) is 26.2. The van der Waals surface area contributed by atoms with Crippen LogP contribution >= 0.6 is 0 Å². The predicted molar refractivity (Wildman–Crippen MR) is 246 cm³/mol. The van der Waals surface area contributed by atoms with Gasteiger partial charge in [0.1, 0.15) is 23.7 Å². The van der Waals surface area contributed by atoms with Crippen molar-refractivity contribution in [2.45, 2.75) is 141 Å². The van der Waals surface area contributed by atoms with Crippen LogP contribution < -0.4 is 16.0 Å². The molecule has 10 atom stereocenters. The fourth-order valence-corrected chi connectivity index (χ4v) is 12.1. The molecule has 4 fully saturated rings. The Kier molecular flexibility index (Phi) is 12.3. The molecule has 15 nitrogen and oxygen atoms in total. The number of likely N-dealkylation sites (tertiary alicyclic amines) is 2. The number of imidazole rings is 2. The molecule has 2 aromatic carbocycles. The number of aromatic amines is 2. The molecule has 4 amide bonds. The number of carbonyl (C=O) groups excluding carboxylic acids is 4. The van der Waals surface area contributed by atoms with Crippen LogP contribution in [0.5, 0.6) is 0 Å². The number of fused-ring (bicyclic) bond motifs is 5. The maximum absolute atomic E-state index is 14.2. The number of alkyl carbamates (subject to hydrolysis) is 2. The van der Waals surface area contributed by atoms with Crippen molar-refractivity contribution in [2.75, 3.05) is 14.2 Å². The quantitative estimate of drug-likeness (QED) is 0.0878. The molecular weight excluding hydrogens is 823 g/mol. The fraction of sp³-hybridized carbons (Fsp3) is 0.560. The minimum atomic E-state index is -0.694. The van der Waals surface area contributed by atoms with Crippen LogP contribution in [-0.4, -0.2) is 92.1 Å². The van der Waals surface area contributed by atoms with Crippen LogP contribution in [0.3, 0.4) is 0 Å². The van der Waals surface area contributed by atoms with Crippen LogP contribution in [0.15, 0.2) is 48.8 Å². The summed E-state index contributed by atoms with van der Waals surface area (Å²) in [6.07, 6.45) is 10.4. The highest BCUT2D eigenvalue weighted by molar-refractivity contribution is 5.88. The number of hydrogen-bond acceptors (Lipinski definition) is 9. The largest absolute Gasteiger partial charge is 0.453 e. The number of benzene rings is 2. The van der Waals surface area contributed by atoms with E-state index in [1.807, 2.05) is 49.9 Å². The summed E-state index contributed by atoms with van der Waals surface area (Å²) in [5.74, 6) is 1.77. The Bertz CT molecular complexity index is 2430. The lowest BCUT2D eigenvalue weighted by Crippen LogP contribution is -2.54. The number of carbonyl (C=O) groups is 4. The zero-order valence-electron chi connectivity index (χ0n) is 38.9. The number of aromatic nitrogens is 4. The number of rotatable bonds is 13. The van der Waals surface area contributed by atoms with E-state index in [0.717, 1.165) is 91.1 Å². The van der Waals surface area contributed by atoms with Gasteiger partial charge >= 0.3 is 12.2 Å². The third-order valence-corrected chi connectivity index (χ3v) is 15.1. The van der Waals surface area contributed by atoms with E-state index in [9.17, 15) is 19.2 Å². The minimum absolute atomic E-state index is 0.0868. The Balaban J connectivity index is 0.985. The van der Waals surface area contributed by atoms with Crippen molar-refractivity contribution in [1.29, 1.82) is 0 Å². The lowest BCUT2D eigenvalue weighted by molar-refractivity contribution is -0.140. The Morgan fingerprint density at radius 3 is 1.69 bits per heavy atom. The first-order valence-electron chi connectivity index (χ1n) is 23.8. The average Bonchev–Trinajstić information content (AvgIpc) is 4.18. The van der Waals surface area contributed by atoms with Gasteiger partial charge in [-0.3, -0.25) is 9.59 Å². The van der Waals surface area contributed by atoms with Gasteiger partial charge < -0.3 is 45.2 Å². The number of nitrogens with zero attached hydrogens (tertiary/aromatic N) is 4. The molecular formula is C50H65N9O6. The van der Waals surface area contributed by atoms with Crippen LogP contribution in [-0.2, 0) is 19.1 Å². The molecule has 0 spiro atoms. The van der Waals surface area contributed by atoms with E-state index < -0.39 is 24.3 Å². The van der Waals surface area contributed by atoms with E-state index in [1.165, 1.54) is 30.9 Å². The number of hydrogen-bond donors (Lipinski definition) is 5. The number of amides is 4. The van der Waals surface area contributed by atoms with Gasteiger partial charge in [0.2, 0.25) is 11.8 Å². The van der Waals surface area contributed by atoms with Crippen molar-refractivity contribution >= 4 is 24.0 Å². The summed E-state index contributed by atoms with van der Waals surface area (Å²) in [5, 5.41) is 9.48. The maximum Gasteiger partial charge on any atom is 0.407 e. The maximum atomic E-state index is 14.2. The van der Waals surface area contributed by atoms with E-state index in [1.54, 1.807) is 0 Å². The van der Waals surface area contributed by atoms with Crippen molar-refractivity contribution in [1.82, 2.24) is 45.7 Å². The molecule has 4 bridgehead atoms. The van der Waals surface area contributed by atoms with Gasteiger partial charge in [-0.2, -0.15) is 0 Å². The van der Waals surface area contributed by atoms with Crippen molar-refractivity contribution in [2.24, 2.45) is 23.7 Å². The smallest absolute Gasteiger partial charge is 0.407 e. The summed E-state index contributed by atoms with van der Waals surface area (Å²) in [7, 11) is 2.63. The summed E-state index contributed by atoms with van der Waals surface area (Å²) in [4.78, 5) is 74.0. The molecule has 5 N–H and O–H groups in total. The van der Waals surface area contributed by atoms with Crippen LogP contribution in [0, 0.1) is 23.7 Å². The van der Waals surface area contributed by atoms with Crippen molar-refractivity contribution in [3.05, 3.63) is 71.6 Å². The molecule has 2 aliphatic carbocycles. The summed E-state index contributed by atoms with van der Waals surface area (Å²) in [6.45, 7) is 12.2. The second-order valence-corrected chi connectivity index (χ2v) is 19.7. The van der Waals surface area contributed by atoms with Crippen molar-refractivity contribution in [3.8, 4) is 33.6 Å². The zero-order chi connectivity index (χ0) is 45.8. The number of piperidine rings is 2. The van der Waals surface area contributed by atoms with E-state index >= 15 is 0 Å². The summed E-state index contributed by atoms with van der Waals surface area (Å²) in [5.41, 5.74) is 8.79. The molecule has 2 saturated heterocycles. The molecule has 2 unspecified atom stereocenters. The molecule has 346 valence electrons. The average molecular weight is 888 g/mol. The Morgan fingerprint density at radius 2 is 1.18 bits per heavy atom. The number of ether oxygens (including phenoxy) is 2. The molecule has 2 aromatic heterocycles. The third kappa shape index (κ3) is 7.97. The monoisotopic (exact) mass is 888 g/mol. The Labute approximate surface area is 381 Å². The second kappa shape index (κ2) is 17.9. The highest BCUT2D eigenvalue weighted by Crippen LogP contribution is 2.52. The molecule has 0 radical (unpaired) electrons. The van der Waals surface area contributed by atoms with E-state index in [4.69, 9.17) is 19.4 Å². The molecule has 9 rings (SSSR count). The number of nitrogens with one attached hydrogen (secondary N) is 5. The van der Waals surface area contributed by atoms with Gasteiger partial charge in [0.25, 0.3) is 0 Å². The molecule has 15 heteroatoms. The van der Waals surface area contributed by atoms with Crippen molar-refractivity contribution in [3.63, 3.8) is 0 Å². The van der Waals surface area contributed by atoms with Gasteiger partial charge in [0, 0.05) is 29.7 Å². The first kappa shape index (κ1) is 44.5. The highest BCUT2D eigenvalue weighted by atomic mass is 16.5. The van der Waals surface area contributed by atoms with Gasteiger partial charge in [-0.1, -0.05) is 77.4 Å². The number of H-pyrrole nitrogens is 2. The molecule has 2 saturated carbocycles. The Hall–Kier alpha value is -5.70. The summed E-state index contributed by atoms with van der Waals surface area (Å²) in [6, 6.07) is 11.8. The molecule has 5 heterocycles. The highest BCUT2D eigenvalue weighted by Gasteiger charge is 2.53. The van der Waals surface area contributed by atoms with Gasteiger partial charge in [0.05, 0.1) is 50.1 Å². The van der Waals surface area contributed by atoms with Gasteiger partial charge in [-0.25, -0.2) is 19.6 Å². The zero-order valence-corrected chi connectivity index (χ0v) is 38.9. The number of methoxy groups -OCH3 is 2. The van der Waals surface area contributed by atoms with Crippen LogP contribution in [0.1, 0.15) is 140 Å². The molecule has 65 heavy (non-hydrogen) atoms. The lowest BCUT2D eigenvalue weighted by atomic mass is 9.87. The van der Waals surface area contributed by atoms with Crippen LogP contribution in [0.4, 0.5) is 9.59 Å². The lowest BCUT2D eigenvalue weighted by Gasteiger charge is -2.37. The van der Waals surface area contributed by atoms with Gasteiger partial charge in [0.15, 0.2) is 0 Å². The van der Waals surface area contributed by atoms with E-state index in [0.29, 0.717) is 11.8 Å². The van der Waals surface area contributed by atoms with Crippen LogP contribution in [0.25, 0.3) is 33.6 Å². The first-order chi connectivity index (χ1) is 31.3. The fourth-order valence-electron chi connectivity index (χ4n) is 12.1. The topological polar surface area (TPSA) is 187 Å².